The van der Waals surface area contributed by atoms with Crippen LogP contribution in [0.5, 0.6) is 0 Å². The van der Waals surface area contributed by atoms with Crippen LogP contribution in [0, 0.1) is 17.0 Å². The zero-order valence-electron chi connectivity index (χ0n) is 10.9. The van der Waals surface area contributed by atoms with Crippen molar-refractivity contribution in [2.24, 2.45) is 0 Å². The molecular formula is C12H10N4O3S2. The van der Waals surface area contributed by atoms with Gasteiger partial charge >= 0.3 is 0 Å². The van der Waals surface area contributed by atoms with E-state index < -0.39 is 10.3 Å². The minimum atomic E-state index is -0.438. The quantitative estimate of drug-likeness (QED) is 0.637. The molecule has 1 atom stereocenters. The van der Waals surface area contributed by atoms with Gasteiger partial charge in [0.15, 0.2) is 0 Å². The Balaban J connectivity index is 2.05. The number of thioether (sulfide) groups is 1. The SMILES string of the molecule is Cc1nnc(N2C(=O)CSC2c2ccccc2[N+](=O)[O-])s1. The lowest BCUT2D eigenvalue weighted by Gasteiger charge is -2.20. The average Bonchev–Trinajstić information content (AvgIpc) is 3.04. The highest BCUT2D eigenvalue weighted by molar-refractivity contribution is 8.00. The van der Waals surface area contributed by atoms with Crippen LogP contribution in [0.1, 0.15) is 15.9 Å². The number of para-hydroxylation sites is 1. The second-order valence-electron chi connectivity index (χ2n) is 4.35. The fourth-order valence-electron chi connectivity index (χ4n) is 2.11. The third-order valence-corrected chi connectivity index (χ3v) is 5.02. The van der Waals surface area contributed by atoms with E-state index in [1.165, 1.54) is 34.1 Å². The number of hydrogen-bond donors (Lipinski definition) is 0. The molecule has 1 fully saturated rings. The van der Waals surface area contributed by atoms with E-state index in [4.69, 9.17) is 0 Å². The summed E-state index contributed by atoms with van der Waals surface area (Å²) >= 11 is 2.66. The van der Waals surface area contributed by atoms with Crippen molar-refractivity contribution in [1.82, 2.24) is 10.2 Å². The number of hydrogen-bond acceptors (Lipinski definition) is 7. The van der Waals surface area contributed by atoms with Gasteiger partial charge in [0.25, 0.3) is 5.69 Å². The molecule has 21 heavy (non-hydrogen) atoms. The lowest BCUT2D eigenvalue weighted by molar-refractivity contribution is -0.385. The molecule has 9 heteroatoms. The largest absolute Gasteiger partial charge is 0.275 e. The van der Waals surface area contributed by atoms with Crippen LogP contribution in [0.4, 0.5) is 10.8 Å². The first-order valence-electron chi connectivity index (χ1n) is 6.05. The summed E-state index contributed by atoms with van der Waals surface area (Å²) in [7, 11) is 0. The van der Waals surface area contributed by atoms with E-state index in [0.29, 0.717) is 10.7 Å². The number of aromatic nitrogens is 2. The Kier molecular flexibility index (Phi) is 3.60. The smallest absolute Gasteiger partial charge is 0.273 e. The maximum atomic E-state index is 12.1. The molecule has 0 radical (unpaired) electrons. The molecule has 1 amide bonds. The summed E-state index contributed by atoms with van der Waals surface area (Å²) in [5, 5.41) is 19.9. The molecule has 1 saturated heterocycles. The molecule has 2 aromatic rings. The van der Waals surface area contributed by atoms with Gasteiger partial charge in [-0.2, -0.15) is 0 Å². The number of nitro benzene ring substituents is 1. The first kappa shape index (κ1) is 14.0. The summed E-state index contributed by atoms with van der Waals surface area (Å²) in [6, 6.07) is 6.47. The zero-order chi connectivity index (χ0) is 15.0. The van der Waals surface area contributed by atoms with Crippen molar-refractivity contribution in [3.8, 4) is 0 Å². The summed E-state index contributed by atoms with van der Waals surface area (Å²) in [5.41, 5.74) is 0.516. The molecule has 1 aliphatic heterocycles. The van der Waals surface area contributed by atoms with Crippen molar-refractivity contribution in [3.63, 3.8) is 0 Å². The molecule has 2 heterocycles. The van der Waals surface area contributed by atoms with Crippen molar-refractivity contribution in [3.05, 3.63) is 45.0 Å². The lowest BCUT2D eigenvalue weighted by atomic mass is 10.1. The Morgan fingerprint density at radius 1 is 1.38 bits per heavy atom. The van der Waals surface area contributed by atoms with Crippen LogP contribution in [0.3, 0.4) is 0 Å². The minimum Gasteiger partial charge on any atom is -0.273 e. The molecular weight excluding hydrogens is 312 g/mol. The van der Waals surface area contributed by atoms with Gasteiger partial charge in [-0.3, -0.25) is 19.8 Å². The number of carbonyl (C=O) groups is 1. The van der Waals surface area contributed by atoms with E-state index in [9.17, 15) is 14.9 Å². The normalized spacial score (nSPS) is 18.2. The van der Waals surface area contributed by atoms with E-state index in [1.807, 2.05) is 0 Å². The number of aryl methyl sites for hydroxylation is 1. The number of carbonyl (C=O) groups excluding carboxylic acids is 1. The molecule has 7 nitrogen and oxygen atoms in total. The first-order valence-corrected chi connectivity index (χ1v) is 7.91. The van der Waals surface area contributed by atoms with Crippen LogP contribution in [0.2, 0.25) is 0 Å². The topological polar surface area (TPSA) is 89.2 Å². The van der Waals surface area contributed by atoms with E-state index in [0.717, 1.165) is 5.01 Å². The second-order valence-corrected chi connectivity index (χ2v) is 6.58. The average molecular weight is 322 g/mol. The van der Waals surface area contributed by atoms with Crippen LogP contribution in [-0.4, -0.2) is 26.8 Å². The second kappa shape index (κ2) is 5.41. The van der Waals surface area contributed by atoms with Gasteiger partial charge in [0.05, 0.1) is 16.2 Å². The van der Waals surface area contributed by atoms with Gasteiger partial charge in [-0.1, -0.05) is 23.5 Å². The van der Waals surface area contributed by atoms with Crippen molar-refractivity contribution >= 4 is 39.8 Å². The van der Waals surface area contributed by atoms with Crippen LogP contribution in [0.15, 0.2) is 24.3 Å². The number of nitrogens with zero attached hydrogens (tertiary/aromatic N) is 4. The Bertz CT molecular complexity index is 718. The zero-order valence-corrected chi connectivity index (χ0v) is 12.6. The molecule has 0 N–H and O–H groups in total. The van der Waals surface area contributed by atoms with Gasteiger partial charge in [-0.25, -0.2) is 0 Å². The molecule has 1 unspecified atom stereocenters. The molecule has 0 aliphatic carbocycles. The number of benzene rings is 1. The molecule has 1 aliphatic rings. The van der Waals surface area contributed by atoms with Gasteiger partial charge in [0.1, 0.15) is 10.4 Å². The Hall–Kier alpha value is -2.00. The number of rotatable bonds is 3. The molecule has 3 rings (SSSR count). The molecule has 108 valence electrons. The molecule has 0 saturated carbocycles. The first-order chi connectivity index (χ1) is 10.1. The van der Waals surface area contributed by atoms with Crippen LogP contribution < -0.4 is 4.90 Å². The monoisotopic (exact) mass is 322 g/mol. The van der Waals surface area contributed by atoms with E-state index in [1.54, 1.807) is 25.1 Å². The fraction of sp³-hybridized carbons (Fsp3) is 0.250. The predicted molar refractivity (Wildman–Crippen MR) is 80.4 cm³/mol. The Labute approximate surface area is 128 Å². The fourth-order valence-corrected chi connectivity index (χ4v) is 4.09. The Morgan fingerprint density at radius 2 is 2.14 bits per heavy atom. The summed E-state index contributed by atoms with van der Waals surface area (Å²) in [4.78, 5) is 24.4. The van der Waals surface area contributed by atoms with Crippen molar-refractivity contribution in [2.45, 2.75) is 12.3 Å². The highest BCUT2D eigenvalue weighted by atomic mass is 32.2. The van der Waals surface area contributed by atoms with Crippen molar-refractivity contribution < 1.29 is 9.72 Å². The van der Waals surface area contributed by atoms with E-state index in [-0.39, 0.29) is 17.3 Å². The number of anilines is 1. The van der Waals surface area contributed by atoms with E-state index in [2.05, 4.69) is 10.2 Å². The van der Waals surface area contributed by atoms with Crippen LogP contribution in [0.25, 0.3) is 0 Å². The standard InChI is InChI=1S/C12H10N4O3S2/c1-7-13-14-12(21-7)15-10(17)6-20-11(15)8-4-2-3-5-9(8)16(18)19/h2-5,11H,6H2,1H3. The van der Waals surface area contributed by atoms with Crippen LogP contribution >= 0.6 is 23.1 Å². The minimum absolute atomic E-state index is 0.0101. The maximum Gasteiger partial charge on any atom is 0.275 e. The van der Waals surface area contributed by atoms with Gasteiger partial charge in [-0.05, 0) is 13.0 Å². The van der Waals surface area contributed by atoms with Gasteiger partial charge < -0.3 is 0 Å². The van der Waals surface area contributed by atoms with Crippen molar-refractivity contribution in [2.75, 3.05) is 10.7 Å². The summed E-state index contributed by atoms with van der Waals surface area (Å²) in [6.07, 6.45) is 0. The number of amides is 1. The third-order valence-electron chi connectivity index (χ3n) is 2.99. The molecule has 0 bridgehead atoms. The van der Waals surface area contributed by atoms with Crippen molar-refractivity contribution in [1.29, 1.82) is 0 Å². The maximum absolute atomic E-state index is 12.1. The van der Waals surface area contributed by atoms with Crippen LogP contribution in [-0.2, 0) is 4.79 Å². The third kappa shape index (κ3) is 2.49. The van der Waals surface area contributed by atoms with E-state index >= 15 is 0 Å². The highest BCUT2D eigenvalue weighted by Gasteiger charge is 2.39. The summed E-state index contributed by atoms with van der Waals surface area (Å²) in [6.45, 7) is 1.80. The molecule has 0 spiro atoms. The molecule has 1 aromatic heterocycles. The van der Waals surface area contributed by atoms with Gasteiger partial charge in [0.2, 0.25) is 11.0 Å². The van der Waals surface area contributed by atoms with Gasteiger partial charge in [-0.15, -0.1) is 22.0 Å². The Morgan fingerprint density at radius 3 is 2.81 bits per heavy atom. The summed E-state index contributed by atoms with van der Waals surface area (Å²) < 4.78 is 0. The van der Waals surface area contributed by atoms with Gasteiger partial charge in [0, 0.05) is 6.07 Å². The highest BCUT2D eigenvalue weighted by Crippen LogP contribution is 2.45. The molecule has 1 aromatic carbocycles. The number of nitro groups is 1. The lowest BCUT2D eigenvalue weighted by Crippen LogP contribution is -2.28. The predicted octanol–water partition coefficient (Wildman–Crippen LogP) is 2.53. The summed E-state index contributed by atoms with van der Waals surface area (Å²) in [5.74, 6) is 0.161.